The minimum Gasteiger partial charge on any atom is -0.495 e. The van der Waals surface area contributed by atoms with Gasteiger partial charge in [0.05, 0.1) is 12.1 Å². The summed E-state index contributed by atoms with van der Waals surface area (Å²) in [7, 11) is 1.60. The molecule has 0 unspecified atom stereocenters. The second-order valence-corrected chi connectivity index (χ2v) is 3.86. The Kier molecular flexibility index (Phi) is 5.00. The van der Waals surface area contributed by atoms with Gasteiger partial charge in [-0.15, -0.1) is 11.6 Å². The fourth-order valence-electron chi connectivity index (χ4n) is 1.24. The molecule has 1 nitrogen and oxygen atoms in total. The Hall–Kier alpha value is -0.660. The van der Waals surface area contributed by atoms with Gasteiger partial charge < -0.3 is 4.74 Å². The number of hydrogen-bond donors (Lipinski definition) is 0. The van der Waals surface area contributed by atoms with Crippen LogP contribution in [0.4, 0.5) is 0 Å². The highest BCUT2D eigenvalue weighted by atomic mass is 35.5. The lowest BCUT2D eigenvalue weighted by molar-refractivity contribution is 0.415. The van der Waals surface area contributed by atoms with E-state index in [0.29, 0.717) is 16.7 Å². The average molecular weight is 245 g/mol. The van der Waals surface area contributed by atoms with E-state index in [1.165, 1.54) is 5.57 Å². The Morgan fingerprint density at radius 3 is 2.67 bits per heavy atom. The number of allylic oxidation sites excluding steroid dienone is 1. The Morgan fingerprint density at radius 1 is 1.47 bits per heavy atom. The summed E-state index contributed by atoms with van der Waals surface area (Å²) >= 11 is 11.8. The average Bonchev–Trinajstić information content (AvgIpc) is 2.26. The number of hydrogen-bond acceptors (Lipinski definition) is 1. The van der Waals surface area contributed by atoms with Gasteiger partial charge in [-0.1, -0.05) is 36.2 Å². The predicted molar refractivity (Wildman–Crippen MR) is 67.0 cm³/mol. The molecule has 1 rings (SSSR count). The van der Waals surface area contributed by atoms with Gasteiger partial charge in [-0.25, -0.2) is 0 Å². The molecule has 0 saturated heterocycles. The first kappa shape index (κ1) is 12.4. The zero-order valence-electron chi connectivity index (χ0n) is 8.89. The van der Waals surface area contributed by atoms with Gasteiger partial charge in [0.15, 0.2) is 0 Å². The third-order valence-electron chi connectivity index (χ3n) is 2.17. The lowest BCUT2D eigenvalue weighted by Gasteiger charge is -2.04. The quantitative estimate of drug-likeness (QED) is 0.715. The van der Waals surface area contributed by atoms with Crippen molar-refractivity contribution in [3.05, 3.63) is 34.4 Å². The number of alkyl halides is 1. The Bertz CT molecular complexity index is 353. The molecular formula is C12H14Cl2O. The summed E-state index contributed by atoms with van der Waals surface area (Å²) < 4.78 is 5.08. The first-order chi connectivity index (χ1) is 7.21. The zero-order valence-corrected chi connectivity index (χ0v) is 10.4. The molecule has 1 aromatic carbocycles. The molecule has 0 bridgehead atoms. The van der Waals surface area contributed by atoms with E-state index < -0.39 is 0 Å². The van der Waals surface area contributed by atoms with Crippen molar-refractivity contribution in [1.29, 1.82) is 0 Å². The van der Waals surface area contributed by atoms with Gasteiger partial charge in [0.1, 0.15) is 5.75 Å². The molecule has 0 N–H and O–H groups in total. The predicted octanol–water partition coefficient (Wildman–Crippen LogP) is 4.38. The topological polar surface area (TPSA) is 9.23 Å². The monoisotopic (exact) mass is 244 g/mol. The van der Waals surface area contributed by atoms with E-state index >= 15 is 0 Å². The van der Waals surface area contributed by atoms with Crippen LogP contribution < -0.4 is 4.74 Å². The van der Waals surface area contributed by atoms with E-state index in [-0.39, 0.29) is 0 Å². The maximum atomic E-state index is 6.01. The first-order valence-electron chi connectivity index (χ1n) is 4.80. The summed E-state index contributed by atoms with van der Waals surface area (Å²) in [5.74, 6) is 1.25. The van der Waals surface area contributed by atoms with Gasteiger partial charge in [-0.3, -0.25) is 0 Å². The van der Waals surface area contributed by atoms with Gasteiger partial charge in [0.25, 0.3) is 0 Å². The lowest BCUT2D eigenvalue weighted by Crippen LogP contribution is -1.86. The largest absolute Gasteiger partial charge is 0.495 e. The van der Waals surface area contributed by atoms with Crippen molar-refractivity contribution in [1.82, 2.24) is 0 Å². The Labute approximate surface area is 101 Å². The molecule has 0 amide bonds. The molecule has 0 heterocycles. The summed E-state index contributed by atoms with van der Waals surface area (Å²) in [5.41, 5.74) is 2.25. The van der Waals surface area contributed by atoms with Crippen LogP contribution in [0.5, 0.6) is 5.75 Å². The summed E-state index contributed by atoms with van der Waals surface area (Å²) in [6, 6.07) is 5.70. The Morgan fingerprint density at radius 2 is 2.20 bits per heavy atom. The van der Waals surface area contributed by atoms with Crippen LogP contribution in [0.3, 0.4) is 0 Å². The van der Waals surface area contributed by atoms with Gasteiger partial charge in [0.2, 0.25) is 0 Å². The molecule has 82 valence electrons. The van der Waals surface area contributed by atoms with Gasteiger partial charge in [-0.2, -0.15) is 0 Å². The van der Waals surface area contributed by atoms with Crippen LogP contribution in [0.2, 0.25) is 5.02 Å². The molecule has 0 radical (unpaired) electrons. The molecule has 0 aliphatic carbocycles. The number of halogens is 2. The third-order valence-corrected chi connectivity index (χ3v) is 2.81. The van der Waals surface area contributed by atoms with Crippen LogP contribution in [-0.4, -0.2) is 13.0 Å². The van der Waals surface area contributed by atoms with E-state index in [1.54, 1.807) is 7.11 Å². The van der Waals surface area contributed by atoms with Crippen molar-refractivity contribution in [3.8, 4) is 5.75 Å². The maximum Gasteiger partial charge on any atom is 0.137 e. The first-order valence-corrected chi connectivity index (χ1v) is 5.71. The standard InChI is InChI=1S/C12H14Cl2O/c1-3-9(8-13)6-10-4-5-12(15-2)11(14)7-10/h4-7H,3,8H2,1-2H3. The van der Waals surface area contributed by atoms with E-state index in [4.69, 9.17) is 27.9 Å². The van der Waals surface area contributed by atoms with Crippen molar-refractivity contribution in [2.45, 2.75) is 13.3 Å². The third kappa shape index (κ3) is 3.44. The van der Waals surface area contributed by atoms with Crippen LogP contribution in [0.15, 0.2) is 23.8 Å². The zero-order chi connectivity index (χ0) is 11.3. The number of rotatable bonds is 4. The van der Waals surface area contributed by atoms with Crippen LogP contribution in [0.25, 0.3) is 6.08 Å². The molecule has 0 spiro atoms. The second kappa shape index (κ2) is 6.04. The smallest absolute Gasteiger partial charge is 0.137 e. The summed E-state index contributed by atoms with van der Waals surface area (Å²) in [6.07, 6.45) is 3.01. The number of ether oxygens (including phenoxy) is 1. The van der Waals surface area contributed by atoms with Crippen molar-refractivity contribution < 1.29 is 4.74 Å². The molecule has 3 heteroatoms. The normalized spacial score (nSPS) is 11.6. The molecule has 15 heavy (non-hydrogen) atoms. The molecule has 0 saturated carbocycles. The minimum atomic E-state index is 0.556. The number of methoxy groups -OCH3 is 1. The summed E-state index contributed by atoms with van der Waals surface area (Å²) in [5, 5.41) is 0.622. The van der Waals surface area contributed by atoms with Crippen LogP contribution >= 0.6 is 23.2 Å². The minimum absolute atomic E-state index is 0.556. The molecule has 0 atom stereocenters. The molecule has 0 fully saturated rings. The van der Waals surface area contributed by atoms with E-state index in [2.05, 4.69) is 13.0 Å². The molecule has 0 aromatic heterocycles. The summed E-state index contributed by atoms with van der Waals surface area (Å²) in [4.78, 5) is 0. The van der Waals surface area contributed by atoms with Gasteiger partial charge in [-0.05, 0) is 24.1 Å². The van der Waals surface area contributed by atoms with Crippen molar-refractivity contribution >= 4 is 29.3 Å². The maximum absolute atomic E-state index is 6.01. The van der Waals surface area contributed by atoms with Crippen molar-refractivity contribution in [2.24, 2.45) is 0 Å². The SMILES string of the molecule is CCC(=Cc1ccc(OC)c(Cl)c1)CCl. The van der Waals surface area contributed by atoms with E-state index in [0.717, 1.165) is 12.0 Å². The van der Waals surface area contributed by atoms with Crippen molar-refractivity contribution in [3.63, 3.8) is 0 Å². The fraction of sp³-hybridized carbons (Fsp3) is 0.333. The highest BCUT2D eigenvalue weighted by molar-refractivity contribution is 6.32. The lowest BCUT2D eigenvalue weighted by atomic mass is 10.1. The molecule has 1 aromatic rings. The van der Waals surface area contributed by atoms with Gasteiger partial charge in [0, 0.05) is 5.88 Å². The van der Waals surface area contributed by atoms with Crippen LogP contribution in [0.1, 0.15) is 18.9 Å². The van der Waals surface area contributed by atoms with Crippen LogP contribution in [0, 0.1) is 0 Å². The van der Waals surface area contributed by atoms with Gasteiger partial charge >= 0.3 is 0 Å². The summed E-state index contributed by atoms with van der Waals surface area (Å²) in [6.45, 7) is 2.08. The second-order valence-electron chi connectivity index (χ2n) is 3.18. The highest BCUT2D eigenvalue weighted by Gasteiger charge is 2.00. The molecule has 0 aliphatic heterocycles. The van der Waals surface area contributed by atoms with Crippen LogP contribution in [-0.2, 0) is 0 Å². The number of benzene rings is 1. The van der Waals surface area contributed by atoms with E-state index in [9.17, 15) is 0 Å². The molecule has 0 aliphatic rings. The van der Waals surface area contributed by atoms with Crippen molar-refractivity contribution in [2.75, 3.05) is 13.0 Å². The fourth-order valence-corrected chi connectivity index (χ4v) is 1.78. The Balaban J connectivity index is 2.97. The van der Waals surface area contributed by atoms with E-state index in [1.807, 2.05) is 18.2 Å². The highest BCUT2D eigenvalue weighted by Crippen LogP contribution is 2.26. The molecular weight excluding hydrogens is 231 g/mol.